The summed E-state index contributed by atoms with van der Waals surface area (Å²) < 4.78 is 0. The molecule has 10 aromatic carbocycles. The molecule has 3 heteroatoms. The molecule has 0 bridgehead atoms. The van der Waals surface area contributed by atoms with Gasteiger partial charge in [-0.05, 0) is 191 Å². The van der Waals surface area contributed by atoms with Crippen LogP contribution < -0.4 is 9.80 Å². The van der Waals surface area contributed by atoms with Crippen LogP contribution in [0.3, 0.4) is 0 Å². The van der Waals surface area contributed by atoms with Crippen molar-refractivity contribution in [2.75, 3.05) is 9.80 Å². The van der Waals surface area contributed by atoms with Crippen LogP contribution in [-0.4, -0.2) is 0 Å². The highest BCUT2D eigenvalue weighted by Crippen LogP contribution is 2.66. The second-order valence-electron chi connectivity index (χ2n) is 27.9. The van der Waals surface area contributed by atoms with Gasteiger partial charge in [0.15, 0.2) is 0 Å². The van der Waals surface area contributed by atoms with Crippen molar-refractivity contribution in [2.45, 2.75) is 139 Å². The zero-order valence-corrected chi connectivity index (χ0v) is 52.1. The van der Waals surface area contributed by atoms with Gasteiger partial charge in [0.05, 0.1) is 11.1 Å². The molecule has 12 rings (SSSR count). The number of benzene rings is 10. The van der Waals surface area contributed by atoms with Crippen LogP contribution in [0, 0.1) is 0 Å². The van der Waals surface area contributed by atoms with E-state index in [1.165, 1.54) is 93.4 Å². The SMILES string of the molecule is CC(C)(C)c1ccc(Sc2ccc(C3(c4ccc(C(C)(C)C)cc4)c4cc(N(c5ccccc5)c5ccc(C(C)(C)C)cc5)ccc4-c4c3cc(N(c3ccccc3)c3ccc(C(C)(C)C)cc3)c3c4-c4ccccc4C3(C)C)cc2)cc1. The molecule has 2 aliphatic rings. The monoisotopic (exact) mass is 1100 g/mol. The lowest BCUT2D eigenvalue weighted by atomic mass is 9.66. The van der Waals surface area contributed by atoms with Gasteiger partial charge in [-0.1, -0.05) is 248 Å². The molecular formula is C80H80N2S. The van der Waals surface area contributed by atoms with Crippen molar-refractivity contribution in [2.24, 2.45) is 0 Å². The molecule has 0 fully saturated rings. The van der Waals surface area contributed by atoms with Crippen LogP contribution >= 0.6 is 11.8 Å². The summed E-state index contributed by atoms with van der Waals surface area (Å²) in [6.45, 7) is 32.5. The van der Waals surface area contributed by atoms with Crippen LogP contribution in [0.25, 0.3) is 22.3 Å². The second kappa shape index (κ2) is 20.5. The smallest absolute Gasteiger partial charge is 0.0715 e. The van der Waals surface area contributed by atoms with Gasteiger partial charge in [0.25, 0.3) is 0 Å². The number of para-hydroxylation sites is 2. The Balaban J connectivity index is 1.20. The van der Waals surface area contributed by atoms with Crippen molar-refractivity contribution < 1.29 is 0 Å². The third-order valence-corrected chi connectivity index (χ3v) is 18.8. The Morgan fingerprint density at radius 2 is 0.687 bits per heavy atom. The summed E-state index contributed by atoms with van der Waals surface area (Å²) in [5.74, 6) is 0. The van der Waals surface area contributed by atoms with E-state index in [9.17, 15) is 0 Å². The summed E-state index contributed by atoms with van der Waals surface area (Å²) in [4.78, 5) is 7.45. The molecule has 0 aromatic heterocycles. The first-order valence-electron chi connectivity index (χ1n) is 29.8. The summed E-state index contributed by atoms with van der Waals surface area (Å²) in [5, 5.41) is 0. The zero-order valence-electron chi connectivity index (χ0n) is 51.2. The average molecular weight is 1100 g/mol. The van der Waals surface area contributed by atoms with Crippen LogP contribution in [0.5, 0.6) is 0 Å². The third-order valence-electron chi connectivity index (χ3n) is 17.8. The van der Waals surface area contributed by atoms with Gasteiger partial charge in [-0.2, -0.15) is 0 Å². The third kappa shape index (κ3) is 9.83. The predicted molar refractivity (Wildman–Crippen MR) is 356 cm³/mol. The van der Waals surface area contributed by atoms with Crippen molar-refractivity contribution >= 4 is 45.9 Å². The molecule has 0 aliphatic heterocycles. The van der Waals surface area contributed by atoms with E-state index in [0.717, 1.165) is 28.4 Å². The van der Waals surface area contributed by atoms with Gasteiger partial charge in [0, 0.05) is 43.6 Å². The maximum atomic E-state index is 2.63. The molecule has 0 N–H and O–H groups in total. The zero-order chi connectivity index (χ0) is 58.4. The first-order valence-corrected chi connectivity index (χ1v) is 30.6. The predicted octanol–water partition coefficient (Wildman–Crippen LogP) is 22.6. The molecular weight excluding hydrogens is 1020 g/mol. The highest BCUT2D eigenvalue weighted by Gasteiger charge is 2.52. The summed E-state index contributed by atoms with van der Waals surface area (Å²) in [5.41, 5.74) is 23.8. The Hall–Kier alpha value is -7.85. The Morgan fingerprint density at radius 1 is 0.313 bits per heavy atom. The topological polar surface area (TPSA) is 6.48 Å². The molecule has 2 nitrogen and oxygen atoms in total. The van der Waals surface area contributed by atoms with Crippen molar-refractivity contribution in [3.05, 3.63) is 286 Å². The highest BCUT2D eigenvalue weighted by atomic mass is 32.2. The van der Waals surface area contributed by atoms with Gasteiger partial charge in [-0.15, -0.1) is 0 Å². The normalized spacial score (nSPS) is 15.3. The number of fused-ring (bicyclic) bond motifs is 7. The maximum Gasteiger partial charge on any atom is 0.0715 e. The van der Waals surface area contributed by atoms with E-state index in [-0.39, 0.29) is 27.1 Å². The summed E-state index contributed by atoms with van der Waals surface area (Å²) in [6, 6.07) is 88.4. The Labute approximate surface area is 500 Å². The van der Waals surface area contributed by atoms with Crippen LogP contribution in [0.4, 0.5) is 34.1 Å². The summed E-state index contributed by atoms with van der Waals surface area (Å²) in [6.07, 6.45) is 0. The van der Waals surface area contributed by atoms with Crippen LogP contribution in [-0.2, 0) is 32.5 Å². The van der Waals surface area contributed by atoms with Crippen molar-refractivity contribution in [3.8, 4) is 22.3 Å². The Bertz CT molecular complexity index is 3990. The minimum Gasteiger partial charge on any atom is -0.310 e. The van der Waals surface area contributed by atoms with E-state index in [0.29, 0.717) is 0 Å². The first-order chi connectivity index (χ1) is 39.4. The number of nitrogens with zero attached hydrogens (tertiary/aromatic N) is 2. The second-order valence-corrected chi connectivity index (χ2v) is 29.0. The van der Waals surface area contributed by atoms with Crippen molar-refractivity contribution in [1.29, 1.82) is 0 Å². The standard InChI is InChI=1S/C80H80N2S/c1-75(2,3)53-29-31-57(32-30-53)80(58-39-48-65(49-40-58)83-64-46-37-56(38-47-64)78(10,11)12)69-51-63(81(59-23-17-15-18-24-59)61-41-33-54(34-42-61)76(4,5)6)45-50-67(69)72-70(80)52-71(74-73(72)66-27-21-22-28-68(66)79(74,13)14)82(60-25-19-16-20-26-60)62-43-35-55(36-44-62)77(7,8)9/h15-52H,1-14H3. The fourth-order valence-corrected chi connectivity index (χ4v) is 14.1. The molecule has 0 saturated heterocycles. The lowest BCUT2D eigenvalue weighted by Gasteiger charge is -2.38. The van der Waals surface area contributed by atoms with E-state index in [4.69, 9.17) is 0 Å². The Kier molecular flexibility index (Phi) is 13.7. The van der Waals surface area contributed by atoms with E-state index < -0.39 is 5.41 Å². The van der Waals surface area contributed by atoms with Crippen LogP contribution in [0.1, 0.15) is 153 Å². The van der Waals surface area contributed by atoms with E-state index in [1.54, 1.807) is 0 Å². The fraction of sp³-hybridized carbons (Fsp3) is 0.250. The molecule has 416 valence electrons. The Morgan fingerprint density at radius 3 is 1.18 bits per heavy atom. The van der Waals surface area contributed by atoms with Crippen molar-refractivity contribution in [3.63, 3.8) is 0 Å². The molecule has 1 unspecified atom stereocenters. The molecule has 2 aliphatic carbocycles. The minimum atomic E-state index is -0.795. The molecule has 0 radical (unpaired) electrons. The molecule has 1 atom stereocenters. The molecule has 10 aromatic rings. The number of hydrogen-bond acceptors (Lipinski definition) is 3. The van der Waals surface area contributed by atoms with E-state index in [1.807, 2.05) is 11.8 Å². The summed E-state index contributed by atoms with van der Waals surface area (Å²) in [7, 11) is 0. The van der Waals surface area contributed by atoms with Gasteiger partial charge in [0.2, 0.25) is 0 Å². The fourth-order valence-electron chi connectivity index (χ4n) is 13.2. The van der Waals surface area contributed by atoms with Gasteiger partial charge in [-0.3, -0.25) is 0 Å². The van der Waals surface area contributed by atoms with Gasteiger partial charge < -0.3 is 9.80 Å². The minimum absolute atomic E-state index is 0.00175. The van der Waals surface area contributed by atoms with Crippen LogP contribution in [0.2, 0.25) is 0 Å². The van der Waals surface area contributed by atoms with E-state index >= 15 is 0 Å². The van der Waals surface area contributed by atoms with Gasteiger partial charge in [-0.25, -0.2) is 0 Å². The van der Waals surface area contributed by atoms with Crippen molar-refractivity contribution in [1.82, 2.24) is 0 Å². The lowest BCUT2D eigenvalue weighted by Crippen LogP contribution is -2.30. The number of anilines is 6. The van der Waals surface area contributed by atoms with E-state index in [2.05, 4.69) is 337 Å². The largest absolute Gasteiger partial charge is 0.310 e. The van der Waals surface area contributed by atoms with Crippen LogP contribution in [0.15, 0.2) is 240 Å². The average Bonchev–Trinajstić information content (AvgIpc) is 1.54. The lowest BCUT2D eigenvalue weighted by molar-refractivity contribution is 0.589. The van der Waals surface area contributed by atoms with Gasteiger partial charge in [0.1, 0.15) is 0 Å². The highest BCUT2D eigenvalue weighted by molar-refractivity contribution is 7.99. The molecule has 0 heterocycles. The number of rotatable bonds is 10. The quantitative estimate of drug-likeness (QED) is 0.135. The first kappa shape index (κ1) is 55.7. The summed E-state index contributed by atoms with van der Waals surface area (Å²) >= 11 is 1.83. The van der Waals surface area contributed by atoms with Gasteiger partial charge >= 0.3 is 0 Å². The molecule has 0 saturated carbocycles. The number of hydrogen-bond donors (Lipinski definition) is 0. The maximum absolute atomic E-state index is 2.63. The molecule has 83 heavy (non-hydrogen) atoms. The molecule has 0 amide bonds. The molecule has 0 spiro atoms.